The SMILES string of the molecule is CCNC(C)(C#N)CC(C)Oc1ccc(F)c(C)c1. The molecular weight excluding hydrogens is 243 g/mol. The summed E-state index contributed by atoms with van der Waals surface area (Å²) in [4.78, 5) is 0. The van der Waals surface area contributed by atoms with E-state index in [2.05, 4.69) is 11.4 Å². The maximum atomic E-state index is 13.2. The lowest BCUT2D eigenvalue weighted by Crippen LogP contribution is -2.44. The summed E-state index contributed by atoms with van der Waals surface area (Å²) >= 11 is 0. The van der Waals surface area contributed by atoms with Gasteiger partial charge in [-0.25, -0.2) is 4.39 Å². The van der Waals surface area contributed by atoms with Gasteiger partial charge in [0.15, 0.2) is 0 Å². The van der Waals surface area contributed by atoms with Crippen LogP contribution < -0.4 is 10.1 Å². The van der Waals surface area contributed by atoms with E-state index in [1.807, 2.05) is 20.8 Å². The molecule has 0 heterocycles. The molecule has 1 N–H and O–H groups in total. The zero-order valence-corrected chi connectivity index (χ0v) is 12.0. The van der Waals surface area contributed by atoms with Gasteiger partial charge in [-0.05, 0) is 51.1 Å². The standard InChI is InChI=1S/C15H21FN2O/c1-5-18-15(4,10-17)9-12(3)19-13-6-7-14(16)11(2)8-13/h6-8,12,18H,5,9H2,1-4H3. The Balaban J connectivity index is 2.67. The third kappa shape index (κ3) is 4.53. The maximum Gasteiger partial charge on any atom is 0.126 e. The van der Waals surface area contributed by atoms with Crippen LogP contribution in [0.5, 0.6) is 5.75 Å². The van der Waals surface area contributed by atoms with Gasteiger partial charge in [0.2, 0.25) is 0 Å². The lowest BCUT2D eigenvalue weighted by atomic mass is 9.96. The number of rotatable bonds is 6. The van der Waals surface area contributed by atoms with Gasteiger partial charge in [-0.1, -0.05) is 6.92 Å². The normalized spacial score (nSPS) is 15.4. The van der Waals surface area contributed by atoms with Crippen molar-refractivity contribution in [1.82, 2.24) is 5.32 Å². The molecule has 0 radical (unpaired) electrons. The van der Waals surface area contributed by atoms with Crippen molar-refractivity contribution < 1.29 is 9.13 Å². The fraction of sp³-hybridized carbons (Fsp3) is 0.533. The van der Waals surface area contributed by atoms with Crippen molar-refractivity contribution >= 4 is 0 Å². The maximum absolute atomic E-state index is 13.2. The average molecular weight is 264 g/mol. The first-order valence-electron chi connectivity index (χ1n) is 6.49. The van der Waals surface area contributed by atoms with Crippen LogP contribution in [0.15, 0.2) is 18.2 Å². The molecule has 19 heavy (non-hydrogen) atoms. The van der Waals surface area contributed by atoms with Crippen molar-refractivity contribution in [3.63, 3.8) is 0 Å². The molecule has 0 saturated carbocycles. The summed E-state index contributed by atoms with van der Waals surface area (Å²) in [6.07, 6.45) is 0.432. The minimum Gasteiger partial charge on any atom is -0.491 e. The van der Waals surface area contributed by atoms with Gasteiger partial charge in [-0.15, -0.1) is 0 Å². The first-order valence-corrected chi connectivity index (χ1v) is 6.49. The summed E-state index contributed by atoms with van der Waals surface area (Å²) in [6, 6.07) is 6.94. The molecule has 0 aliphatic heterocycles. The van der Waals surface area contributed by atoms with Gasteiger partial charge in [0.25, 0.3) is 0 Å². The summed E-state index contributed by atoms with van der Waals surface area (Å²) in [6.45, 7) is 8.15. The molecule has 0 fully saturated rings. The molecule has 3 nitrogen and oxygen atoms in total. The number of nitriles is 1. The van der Waals surface area contributed by atoms with Crippen molar-refractivity contribution in [1.29, 1.82) is 5.26 Å². The van der Waals surface area contributed by atoms with Crippen molar-refractivity contribution in [3.8, 4) is 11.8 Å². The van der Waals surface area contributed by atoms with Crippen LogP contribution in [0, 0.1) is 24.1 Å². The summed E-state index contributed by atoms with van der Waals surface area (Å²) < 4.78 is 18.9. The van der Waals surface area contributed by atoms with Gasteiger partial charge in [0.05, 0.1) is 12.2 Å². The van der Waals surface area contributed by atoms with E-state index in [9.17, 15) is 9.65 Å². The molecule has 1 aromatic rings. The molecule has 4 heteroatoms. The lowest BCUT2D eigenvalue weighted by molar-refractivity contribution is 0.180. The predicted octanol–water partition coefficient (Wildman–Crippen LogP) is 3.18. The summed E-state index contributed by atoms with van der Waals surface area (Å²) in [5.41, 5.74) is -0.0529. The fourth-order valence-electron chi connectivity index (χ4n) is 2.09. The first kappa shape index (κ1) is 15.5. The smallest absolute Gasteiger partial charge is 0.126 e. The number of halogens is 1. The summed E-state index contributed by atoms with van der Waals surface area (Å²) in [7, 11) is 0. The van der Waals surface area contributed by atoms with Crippen LogP contribution in [0.2, 0.25) is 0 Å². The van der Waals surface area contributed by atoms with E-state index in [0.717, 1.165) is 6.54 Å². The Morgan fingerprint density at radius 2 is 2.21 bits per heavy atom. The molecule has 0 bridgehead atoms. The molecule has 0 aliphatic rings. The van der Waals surface area contributed by atoms with Crippen LogP contribution in [0.1, 0.15) is 32.8 Å². The van der Waals surface area contributed by atoms with E-state index in [-0.39, 0.29) is 11.9 Å². The molecule has 0 amide bonds. The number of ether oxygens (including phenoxy) is 1. The van der Waals surface area contributed by atoms with E-state index in [0.29, 0.717) is 17.7 Å². The molecule has 2 unspecified atom stereocenters. The minimum atomic E-state index is -0.608. The quantitative estimate of drug-likeness (QED) is 0.858. The fourth-order valence-corrected chi connectivity index (χ4v) is 2.09. The van der Waals surface area contributed by atoms with Crippen LogP contribution in [0.3, 0.4) is 0 Å². The first-order chi connectivity index (χ1) is 8.90. The second-order valence-electron chi connectivity index (χ2n) is 5.02. The monoisotopic (exact) mass is 264 g/mol. The van der Waals surface area contributed by atoms with Gasteiger partial charge in [-0.3, -0.25) is 5.32 Å². The number of aryl methyl sites for hydroxylation is 1. The Morgan fingerprint density at radius 1 is 1.53 bits per heavy atom. The molecule has 104 valence electrons. The van der Waals surface area contributed by atoms with Gasteiger partial charge in [0.1, 0.15) is 17.1 Å². The highest BCUT2D eigenvalue weighted by Gasteiger charge is 2.26. The molecule has 2 atom stereocenters. The zero-order valence-electron chi connectivity index (χ0n) is 12.0. The number of hydrogen-bond donors (Lipinski definition) is 1. The average Bonchev–Trinajstić information content (AvgIpc) is 2.34. The van der Waals surface area contributed by atoms with E-state index < -0.39 is 5.54 Å². The van der Waals surface area contributed by atoms with Crippen LogP contribution in [0.4, 0.5) is 4.39 Å². The number of hydrogen-bond acceptors (Lipinski definition) is 3. The second-order valence-corrected chi connectivity index (χ2v) is 5.02. The Bertz CT molecular complexity index is 470. The summed E-state index contributed by atoms with van der Waals surface area (Å²) in [5, 5.41) is 12.3. The molecule has 0 saturated heterocycles. The molecule has 0 aliphatic carbocycles. The Hall–Kier alpha value is -1.60. The molecule has 0 spiro atoms. The van der Waals surface area contributed by atoms with Crippen LogP contribution in [-0.2, 0) is 0 Å². The summed E-state index contributed by atoms with van der Waals surface area (Å²) in [5.74, 6) is 0.387. The van der Waals surface area contributed by atoms with E-state index >= 15 is 0 Å². The Morgan fingerprint density at radius 3 is 2.74 bits per heavy atom. The molecule has 1 aromatic carbocycles. The van der Waals surface area contributed by atoms with E-state index in [1.54, 1.807) is 19.1 Å². The second kappa shape index (κ2) is 6.53. The molecule has 1 rings (SSSR count). The highest BCUT2D eigenvalue weighted by molar-refractivity contribution is 5.29. The Labute approximate surface area is 114 Å². The number of benzene rings is 1. The molecular formula is C15H21FN2O. The molecule has 0 aromatic heterocycles. The van der Waals surface area contributed by atoms with Crippen LogP contribution >= 0.6 is 0 Å². The van der Waals surface area contributed by atoms with Crippen molar-refractivity contribution in [2.24, 2.45) is 0 Å². The third-order valence-corrected chi connectivity index (χ3v) is 2.98. The van der Waals surface area contributed by atoms with E-state index in [1.165, 1.54) is 6.07 Å². The van der Waals surface area contributed by atoms with E-state index in [4.69, 9.17) is 4.74 Å². The van der Waals surface area contributed by atoms with Crippen LogP contribution in [0.25, 0.3) is 0 Å². The van der Waals surface area contributed by atoms with Crippen LogP contribution in [-0.4, -0.2) is 18.2 Å². The number of nitrogens with one attached hydrogen (secondary N) is 1. The van der Waals surface area contributed by atoms with Gasteiger partial charge in [0, 0.05) is 6.42 Å². The highest BCUT2D eigenvalue weighted by atomic mass is 19.1. The highest BCUT2D eigenvalue weighted by Crippen LogP contribution is 2.20. The zero-order chi connectivity index (χ0) is 14.5. The van der Waals surface area contributed by atoms with Gasteiger partial charge in [-0.2, -0.15) is 5.26 Å². The minimum absolute atomic E-state index is 0.131. The van der Waals surface area contributed by atoms with Crippen molar-refractivity contribution in [2.75, 3.05) is 6.54 Å². The van der Waals surface area contributed by atoms with Gasteiger partial charge >= 0.3 is 0 Å². The van der Waals surface area contributed by atoms with Gasteiger partial charge < -0.3 is 4.74 Å². The third-order valence-electron chi connectivity index (χ3n) is 2.98. The van der Waals surface area contributed by atoms with Crippen molar-refractivity contribution in [3.05, 3.63) is 29.6 Å². The lowest BCUT2D eigenvalue weighted by Gasteiger charge is -2.26. The predicted molar refractivity (Wildman–Crippen MR) is 73.5 cm³/mol. The Kier molecular flexibility index (Phi) is 5.31. The topological polar surface area (TPSA) is 45.0 Å². The van der Waals surface area contributed by atoms with Crippen molar-refractivity contribution in [2.45, 2.75) is 45.8 Å². The largest absolute Gasteiger partial charge is 0.491 e. The number of nitrogens with zero attached hydrogens (tertiary/aromatic N) is 1.